The van der Waals surface area contributed by atoms with Crippen molar-refractivity contribution in [3.63, 3.8) is 0 Å². The van der Waals surface area contributed by atoms with Crippen molar-refractivity contribution in [3.05, 3.63) is 29.6 Å². The number of methoxy groups -OCH3 is 1. The molecule has 0 aliphatic carbocycles. The summed E-state index contributed by atoms with van der Waals surface area (Å²) in [7, 11) is 3.16. The molecule has 104 valence electrons. The van der Waals surface area contributed by atoms with E-state index in [1.165, 1.54) is 13.2 Å². The molecular formula is C14H19FN2O2. The second-order valence-corrected chi connectivity index (χ2v) is 4.75. The molecule has 1 aliphatic heterocycles. The van der Waals surface area contributed by atoms with Crippen LogP contribution in [0.25, 0.3) is 0 Å². The number of benzene rings is 1. The van der Waals surface area contributed by atoms with Gasteiger partial charge in [0.1, 0.15) is 6.17 Å². The number of halogens is 1. The minimum Gasteiger partial charge on any atom is -0.494 e. The first-order chi connectivity index (χ1) is 9.08. The van der Waals surface area contributed by atoms with Crippen LogP contribution in [0.4, 0.5) is 4.39 Å². The highest BCUT2D eigenvalue weighted by atomic mass is 19.1. The molecule has 4 nitrogen and oxygen atoms in total. The fourth-order valence-electron chi connectivity index (χ4n) is 2.41. The Morgan fingerprint density at radius 2 is 2.21 bits per heavy atom. The molecule has 0 aromatic heterocycles. The minimum atomic E-state index is -0.415. The summed E-state index contributed by atoms with van der Waals surface area (Å²) in [5.74, 6) is -0.148. The lowest BCUT2D eigenvalue weighted by Gasteiger charge is -2.20. The van der Waals surface area contributed by atoms with Crippen LogP contribution >= 0.6 is 0 Å². The lowest BCUT2D eigenvalue weighted by atomic mass is 10.1. The molecule has 2 unspecified atom stereocenters. The third-order valence-electron chi connectivity index (χ3n) is 3.46. The van der Waals surface area contributed by atoms with Gasteiger partial charge in [-0.25, -0.2) is 4.39 Å². The standard InChI is InChI=1S/C14H19FN2O2/c1-4-5-11-14(18)17(2)13(16-11)9-6-7-12(19-3)10(15)8-9/h6-8,11,13,16H,4-5H2,1-3H3. The van der Waals surface area contributed by atoms with E-state index in [0.29, 0.717) is 0 Å². The average Bonchev–Trinajstić information content (AvgIpc) is 2.67. The van der Waals surface area contributed by atoms with E-state index in [0.717, 1.165) is 18.4 Å². The summed E-state index contributed by atoms with van der Waals surface area (Å²) in [4.78, 5) is 13.7. The predicted molar refractivity (Wildman–Crippen MR) is 70.3 cm³/mol. The first-order valence-electron chi connectivity index (χ1n) is 6.44. The number of nitrogens with zero attached hydrogens (tertiary/aromatic N) is 1. The maximum Gasteiger partial charge on any atom is 0.241 e. The number of nitrogens with one attached hydrogen (secondary N) is 1. The van der Waals surface area contributed by atoms with E-state index in [4.69, 9.17) is 4.74 Å². The lowest BCUT2D eigenvalue weighted by molar-refractivity contribution is -0.128. The Kier molecular flexibility index (Phi) is 4.04. The Morgan fingerprint density at radius 3 is 2.79 bits per heavy atom. The van der Waals surface area contributed by atoms with Gasteiger partial charge in [-0.1, -0.05) is 19.4 Å². The highest BCUT2D eigenvalue weighted by Gasteiger charge is 2.36. The van der Waals surface area contributed by atoms with E-state index in [2.05, 4.69) is 5.32 Å². The zero-order valence-electron chi connectivity index (χ0n) is 11.4. The lowest BCUT2D eigenvalue weighted by Crippen LogP contribution is -2.28. The van der Waals surface area contributed by atoms with Crippen molar-refractivity contribution in [3.8, 4) is 5.75 Å². The topological polar surface area (TPSA) is 41.6 Å². The van der Waals surface area contributed by atoms with Crippen LogP contribution in [-0.4, -0.2) is 31.0 Å². The number of rotatable bonds is 4. The van der Waals surface area contributed by atoms with Gasteiger partial charge in [-0.2, -0.15) is 0 Å². The predicted octanol–water partition coefficient (Wildman–Crippen LogP) is 2.06. The summed E-state index contributed by atoms with van der Waals surface area (Å²) in [5.41, 5.74) is 0.729. The Morgan fingerprint density at radius 1 is 1.47 bits per heavy atom. The van der Waals surface area contributed by atoms with Gasteiger partial charge in [0.2, 0.25) is 5.91 Å². The molecule has 0 saturated carbocycles. The molecule has 1 N–H and O–H groups in total. The molecule has 19 heavy (non-hydrogen) atoms. The average molecular weight is 266 g/mol. The van der Waals surface area contributed by atoms with Crippen LogP contribution in [0.15, 0.2) is 18.2 Å². The first kappa shape index (κ1) is 13.8. The van der Waals surface area contributed by atoms with Crippen molar-refractivity contribution in [2.75, 3.05) is 14.2 Å². The molecular weight excluding hydrogens is 247 g/mol. The molecule has 0 spiro atoms. The van der Waals surface area contributed by atoms with E-state index >= 15 is 0 Å². The molecule has 2 atom stereocenters. The molecule has 0 bridgehead atoms. The fourth-order valence-corrected chi connectivity index (χ4v) is 2.41. The summed E-state index contributed by atoms with van der Waals surface area (Å²) >= 11 is 0. The summed E-state index contributed by atoms with van der Waals surface area (Å²) in [5, 5.41) is 3.24. The highest BCUT2D eigenvalue weighted by Crippen LogP contribution is 2.28. The normalized spacial score (nSPS) is 22.9. The number of likely N-dealkylation sites (N-methyl/N-ethyl adjacent to an activating group) is 1. The van der Waals surface area contributed by atoms with Crippen molar-refractivity contribution in [1.82, 2.24) is 10.2 Å². The summed E-state index contributed by atoms with van der Waals surface area (Å²) < 4.78 is 18.6. The van der Waals surface area contributed by atoms with E-state index in [1.54, 1.807) is 24.1 Å². The summed E-state index contributed by atoms with van der Waals surface area (Å²) in [6, 6.07) is 4.59. The third-order valence-corrected chi connectivity index (χ3v) is 3.46. The number of hydrogen-bond donors (Lipinski definition) is 1. The van der Waals surface area contributed by atoms with Gasteiger partial charge in [0.25, 0.3) is 0 Å². The highest BCUT2D eigenvalue weighted by molar-refractivity contribution is 5.84. The van der Waals surface area contributed by atoms with Gasteiger partial charge in [0, 0.05) is 7.05 Å². The van der Waals surface area contributed by atoms with E-state index < -0.39 is 5.82 Å². The molecule has 1 fully saturated rings. The van der Waals surface area contributed by atoms with Crippen molar-refractivity contribution < 1.29 is 13.9 Å². The molecule has 1 aliphatic rings. The van der Waals surface area contributed by atoms with Gasteiger partial charge in [-0.3, -0.25) is 10.1 Å². The molecule has 1 amide bonds. The Hall–Kier alpha value is -1.62. The Labute approximate surface area is 112 Å². The second kappa shape index (κ2) is 5.57. The van der Waals surface area contributed by atoms with Crippen molar-refractivity contribution in [2.45, 2.75) is 32.0 Å². The van der Waals surface area contributed by atoms with Crippen molar-refractivity contribution in [2.24, 2.45) is 0 Å². The molecule has 1 heterocycles. The number of ether oxygens (including phenoxy) is 1. The van der Waals surface area contributed by atoms with Gasteiger partial charge in [0.05, 0.1) is 13.2 Å². The minimum absolute atomic E-state index is 0.0584. The van der Waals surface area contributed by atoms with Crippen LogP contribution in [0.2, 0.25) is 0 Å². The van der Waals surface area contributed by atoms with Crippen LogP contribution in [-0.2, 0) is 4.79 Å². The van der Waals surface area contributed by atoms with E-state index in [-0.39, 0.29) is 23.9 Å². The Balaban J connectivity index is 2.22. The summed E-state index contributed by atoms with van der Waals surface area (Å²) in [6.07, 6.45) is 1.45. The molecule has 2 rings (SSSR count). The SMILES string of the molecule is CCCC1NC(c2ccc(OC)c(F)c2)N(C)C1=O. The van der Waals surface area contributed by atoms with Crippen LogP contribution in [0, 0.1) is 5.82 Å². The van der Waals surface area contributed by atoms with Gasteiger partial charge in [-0.05, 0) is 24.1 Å². The fraction of sp³-hybridized carbons (Fsp3) is 0.500. The van der Waals surface area contributed by atoms with Gasteiger partial charge < -0.3 is 9.64 Å². The van der Waals surface area contributed by atoms with Crippen LogP contribution < -0.4 is 10.1 Å². The summed E-state index contributed by atoms with van der Waals surface area (Å²) in [6.45, 7) is 2.04. The maximum absolute atomic E-state index is 13.7. The quantitative estimate of drug-likeness (QED) is 0.907. The monoisotopic (exact) mass is 266 g/mol. The van der Waals surface area contributed by atoms with Crippen molar-refractivity contribution in [1.29, 1.82) is 0 Å². The van der Waals surface area contributed by atoms with Crippen LogP contribution in [0.3, 0.4) is 0 Å². The zero-order chi connectivity index (χ0) is 14.0. The van der Waals surface area contributed by atoms with E-state index in [1.807, 2.05) is 6.92 Å². The Bertz CT molecular complexity index is 479. The van der Waals surface area contributed by atoms with Gasteiger partial charge in [0.15, 0.2) is 11.6 Å². The van der Waals surface area contributed by atoms with Crippen molar-refractivity contribution >= 4 is 5.91 Å². The second-order valence-electron chi connectivity index (χ2n) is 4.75. The molecule has 1 aromatic rings. The largest absolute Gasteiger partial charge is 0.494 e. The smallest absolute Gasteiger partial charge is 0.241 e. The molecule has 1 saturated heterocycles. The van der Waals surface area contributed by atoms with E-state index in [9.17, 15) is 9.18 Å². The van der Waals surface area contributed by atoms with Gasteiger partial charge >= 0.3 is 0 Å². The maximum atomic E-state index is 13.7. The molecule has 0 radical (unpaired) electrons. The molecule has 1 aromatic carbocycles. The zero-order valence-corrected chi connectivity index (χ0v) is 11.4. The first-order valence-corrected chi connectivity index (χ1v) is 6.44. The van der Waals surface area contributed by atoms with Crippen LogP contribution in [0.1, 0.15) is 31.5 Å². The third kappa shape index (κ3) is 2.56. The number of hydrogen-bond acceptors (Lipinski definition) is 3. The molecule has 5 heteroatoms. The van der Waals surface area contributed by atoms with Crippen LogP contribution in [0.5, 0.6) is 5.75 Å². The number of carbonyl (C=O) groups excluding carboxylic acids is 1. The number of carbonyl (C=O) groups is 1. The number of amides is 1. The van der Waals surface area contributed by atoms with Gasteiger partial charge in [-0.15, -0.1) is 0 Å².